The van der Waals surface area contributed by atoms with Crippen LogP contribution in [-0.2, 0) is 4.74 Å². The molecule has 5 heteroatoms. The molecular formula is C19H20ClNO3. The van der Waals surface area contributed by atoms with E-state index in [-0.39, 0.29) is 12.0 Å². The van der Waals surface area contributed by atoms with Crippen LogP contribution in [0.2, 0.25) is 5.02 Å². The first-order valence-corrected chi connectivity index (χ1v) is 8.41. The lowest BCUT2D eigenvalue weighted by atomic mass is 10.1. The van der Waals surface area contributed by atoms with Gasteiger partial charge in [0.05, 0.1) is 6.10 Å². The van der Waals surface area contributed by atoms with Crippen LogP contribution < -0.4 is 10.1 Å². The Kier molecular flexibility index (Phi) is 5.38. The van der Waals surface area contributed by atoms with E-state index >= 15 is 0 Å². The van der Waals surface area contributed by atoms with Crippen LogP contribution in [0.1, 0.15) is 28.8 Å². The van der Waals surface area contributed by atoms with E-state index in [0.29, 0.717) is 28.6 Å². The Labute approximate surface area is 146 Å². The van der Waals surface area contributed by atoms with Gasteiger partial charge in [0.1, 0.15) is 12.4 Å². The van der Waals surface area contributed by atoms with Crippen LogP contribution >= 0.6 is 11.6 Å². The van der Waals surface area contributed by atoms with Gasteiger partial charge in [0.25, 0.3) is 5.91 Å². The molecule has 0 radical (unpaired) electrons. The summed E-state index contributed by atoms with van der Waals surface area (Å²) in [6, 6.07) is 12.6. The van der Waals surface area contributed by atoms with Gasteiger partial charge in [-0.15, -0.1) is 0 Å². The van der Waals surface area contributed by atoms with Crippen molar-refractivity contribution in [3.63, 3.8) is 0 Å². The van der Waals surface area contributed by atoms with Crippen molar-refractivity contribution in [1.29, 1.82) is 0 Å². The van der Waals surface area contributed by atoms with Crippen LogP contribution in [0.3, 0.4) is 0 Å². The number of hydrogen-bond donors (Lipinski definition) is 1. The van der Waals surface area contributed by atoms with Crippen molar-refractivity contribution in [1.82, 2.24) is 0 Å². The first-order valence-electron chi connectivity index (χ1n) is 8.04. The molecule has 1 heterocycles. The molecule has 0 spiro atoms. The fraction of sp³-hybridized carbons (Fsp3) is 0.316. The summed E-state index contributed by atoms with van der Waals surface area (Å²) in [5, 5.41) is 3.48. The van der Waals surface area contributed by atoms with Crippen LogP contribution in [0.4, 0.5) is 5.69 Å². The highest BCUT2D eigenvalue weighted by molar-refractivity contribution is 6.31. The van der Waals surface area contributed by atoms with E-state index in [1.807, 2.05) is 25.1 Å². The highest BCUT2D eigenvalue weighted by Crippen LogP contribution is 2.22. The summed E-state index contributed by atoms with van der Waals surface area (Å²) in [6.07, 6.45) is 2.25. The van der Waals surface area contributed by atoms with Crippen LogP contribution in [-0.4, -0.2) is 25.2 Å². The van der Waals surface area contributed by atoms with Crippen molar-refractivity contribution >= 4 is 23.2 Å². The molecule has 1 aliphatic heterocycles. The lowest BCUT2D eigenvalue weighted by molar-refractivity contribution is 0.0679. The van der Waals surface area contributed by atoms with Crippen molar-refractivity contribution in [2.24, 2.45) is 0 Å². The number of carbonyl (C=O) groups excluding carboxylic acids is 1. The molecule has 126 valence electrons. The fourth-order valence-corrected chi connectivity index (χ4v) is 2.79. The maximum Gasteiger partial charge on any atom is 0.255 e. The van der Waals surface area contributed by atoms with Crippen LogP contribution in [0, 0.1) is 6.92 Å². The maximum atomic E-state index is 12.5. The van der Waals surface area contributed by atoms with Gasteiger partial charge in [-0.2, -0.15) is 0 Å². The van der Waals surface area contributed by atoms with Crippen molar-refractivity contribution in [3.05, 3.63) is 58.6 Å². The molecule has 1 atom stereocenters. The number of hydrogen-bond acceptors (Lipinski definition) is 3. The Bertz CT molecular complexity index is 726. The summed E-state index contributed by atoms with van der Waals surface area (Å²) >= 11 is 5.99. The summed E-state index contributed by atoms with van der Waals surface area (Å²) in [7, 11) is 0. The molecule has 2 aromatic carbocycles. The molecule has 3 rings (SSSR count). The second-order valence-electron chi connectivity index (χ2n) is 5.89. The first-order chi connectivity index (χ1) is 11.6. The third-order valence-electron chi connectivity index (χ3n) is 4.00. The second kappa shape index (κ2) is 7.69. The van der Waals surface area contributed by atoms with Crippen LogP contribution in [0.25, 0.3) is 0 Å². The quantitative estimate of drug-likeness (QED) is 0.870. The molecule has 24 heavy (non-hydrogen) atoms. The lowest BCUT2D eigenvalue weighted by Crippen LogP contribution is -2.17. The number of nitrogens with one attached hydrogen (secondary N) is 1. The molecule has 1 amide bonds. The zero-order chi connectivity index (χ0) is 16.9. The predicted octanol–water partition coefficient (Wildman–Crippen LogP) is 4.46. The summed E-state index contributed by atoms with van der Waals surface area (Å²) in [5.74, 6) is 0.476. The largest absolute Gasteiger partial charge is 0.491 e. The number of aryl methyl sites for hydroxylation is 1. The smallest absolute Gasteiger partial charge is 0.255 e. The monoisotopic (exact) mass is 345 g/mol. The highest BCUT2D eigenvalue weighted by atomic mass is 35.5. The van der Waals surface area contributed by atoms with Gasteiger partial charge >= 0.3 is 0 Å². The number of ether oxygens (including phenoxy) is 2. The standard InChI is InChI=1S/C19H20ClNO3/c1-13-7-8-15(20)11-18(13)21-19(22)14-4-2-5-16(10-14)24-12-17-6-3-9-23-17/h2,4-5,7-8,10-11,17H,3,6,9,12H2,1H3,(H,21,22). The number of carbonyl (C=O) groups is 1. The third-order valence-corrected chi connectivity index (χ3v) is 4.24. The lowest BCUT2D eigenvalue weighted by Gasteiger charge is -2.13. The Balaban J connectivity index is 1.66. The molecular weight excluding hydrogens is 326 g/mol. The zero-order valence-corrected chi connectivity index (χ0v) is 14.3. The van der Waals surface area contributed by atoms with Crippen molar-refractivity contribution in [2.75, 3.05) is 18.5 Å². The van der Waals surface area contributed by atoms with Gasteiger partial charge in [0.2, 0.25) is 0 Å². The minimum atomic E-state index is -0.192. The average molecular weight is 346 g/mol. The van der Waals surface area contributed by atoms with Gasteiger partial charge in [-0.3, -0.25) is 4.79 Å². The van der Waals surface area contributed by atoms with E-state index in [2.05, 4.69) is 5.32 Å². The number of rotatable bonds is 5. The van der Waals surface area contributed by atoms with Crippen molar-refractivity contribution in [3.8, 4) is 5.75 Å². The molecule has 1 unspecified atom stereocenters. The third kappa shape index (κ3) is 4.28. The fourth-order valence-electron chi connectivity index (χ4n) is 2.62. The Hall–Kier alpha value is -2.04. The summed E-state index contributed by atoms with van der Waals surface area (Å²) in [5.41, 5.74) is 2.20. The molecule has 1 fully saturated rings. The van der Waals surface area contributed by atoms with E-state index in [0.717, 1.165) is 25.0 Å². The number of halogens is 1. The summed E-state index contributed by atoms with van der Waals surface area (Å²) in [4.78, 5) is 12.5. The Morgan fingerprint density at radius 2 is 2.21 bits per heavy atom. The number of amides is 1. The van der Waals surface area contributed by atoms with E-state index in [9.17, 15) is 4.79 Å². The minimum absolute atomic E-state index is 0.150. The number of anilines is 1. The highest BCUT2D eigenvalue weighted by Gasteiger charge is 2.16. The molecule has 2 aromatic rings. The normalized spacial score (nSPS) is 16.8. The number of benzene rings is 2. The van der Waals surface area contributed by atoms with E-state index in [4.69, 9.17) is 21.1 Å². The molecule has 0 saturated carbocycles. The Morgan fingerprint density at radius 1 is 1.33 bits per heavy atom. The zero-order valence-electron chi connectivity index (χ0n) is 13.5. The van der Waals surface area contributed by atoms with Gasteiger partial charge in [0.15, 0.2) is 0 Å². The van der Waals surface area contributed by atoms with Gasteiger partial charge < -0.3 is 14.8 Å². The molecule has 1 N–H and O–H groups in total. The van der Waals surface area contributed by atoms with Gasteiger partial charge in [-0.1, -0.05) is 23.7 Å². The van der Waals surface area contributed by atoms with Gasteiger partial charge in [-0.25, -0.2) is 0 Å². The molecule has 0 aliphatic carbocycles. The SMILES string of the molecule is Cc1ccc(Cl)cc1NC(=O)c1cccc(OCC2CCCO2)c1. The van der Waals surface area contributed by atoms with Crippen molar-refractivity contribution in [2.45, 2.75) is 25.9 Å². The summed E-state index contributed by atoms with van der Waals surface area (Å²) < 4.78 is 11.3. The molecule has 0 aromatic heterocycles. The van der Waals surface area contributed by atoms with Crippen LogP contribution in [0.15, 0.2) is 42.5 Å². The second-order valence-corrected chi connectivity index (χ2v) is 6.32. The maximum absolute atomic E-state index is 12.5. The topological polar surface area (TPSA) is 47.6 Å². The van der Waals surface area contributed by atoms with E-state index < -0.39 is 0 Å². The predicted molar refractivity (Wildman–Crippen MR) is 95.1 cm³/mol. The van der Waals surface area contributed by atoms with Gasteiger partial charge in [-0.05, 0) is 55.7 Å². The Morgan fingerprint density at radius 3 is 3.00 bits per heavy atom. The molecule has 1 saturated heterocycles. The van der Waals surface area contributed by atoms with Crippen LogP contribution in [0.5, 0.6) is 5.75 Å². The average Bonchev–Trinajstić information content (AvgIpc) is 3.10. The van der Waals surface area contributed by atoms with E-state index in [1.54, 1.807) is 24.3 Å². The molecule has 4 nitrogen and oxygen atoms in total. The first kappa shape index (κ1) is 16.8. The minimum Gasteiger partial charge on any atom is -0.491 e. The summed E-state index contributed by atoms with van der Waals surface area (Å²) in [6.45, 7) is 3.24. The van der Waals surface area contributed by atoms with Gasteiger partial charge in [0, 0.05) is 22.9 Å². The van der Waals surface area contributed by atoms with Crippen molar-refractivity contribution < 1.29 is 14.3 Å². The molecule has 0 bridgehead atoms. The van der Waals surface area contributed by atoms with E-state index in [1.165, 1.54) is 0 Å². The molecule has 1 aliphatic rings.